The fraction of sp³-hybridized carbons (Fsp3) is 0.100. The van der Waals surface area contributed by atoms with Crippen LogP contribution in [0.5, 0.6) is 5.75 Å². The number of carbonyl (C=O) groups is 1. The number of hydrogen-bond acceptors (Lipinski definition) is 2. The van der Waals surface area contributed by atoms with Gasteiger partial charge in [0.1, 0.15) is 5.75 Å². The number of carboxylic acid groups (broad SMARTS) is 1. The van der Waals surface area contributed by atoms with Gasteiger partial charge >= 0.3 is 5.97 Å². The number of aliphatic carboxylic acids is 1. The molecule has 0 radical (unpaired) electrons. The van der Waals surface area contributed by atoms with Gasteiger partial charge in [0, 0.05) is 5.56 Å². The summed E-state index contributed by atoms with van der Waals surface area (Å²) in [5.74, 6) is -0.769. The Labute approximate surface area is 74.9 Å². The van der Waals surface area contributed by atoms with Gasteiger partial charge in [-0.3, -0.25) is 0 Å². The number of aromatic hydroxyl groups is 1. The average molecular weight is 176 g/mol. The molecule has 0 spiro atoms. The first-order valence-electron chi connectivity index (χ1n) is 3.95. The highest BCUT2D eigenvalue weighted by Crippen LogP contribution is 2.33. The smallest absolute Gasteiger partial charge is 0.335 e. The van der Waals surface area contributed by atoms with Gasteiger partial charge in [-0.05, 0) is 18.1 Å². The fourth-order valence-electron chi connectivity index (χ4n) is 1.56. The highest BCUT2D eigenvalue weighted by Gasteiger charge is 2.21. The van der Waals surface area contributed by atoms with Gasteiger partial charge in [0.25, 0.3) is 0 Å². The lowest BCUT2D eigenvalue weighted by Crippen LogP contribution is -1.97. The van der Waals surface area contributed by atoms with E-state index in [2.05, 4.69) is 0 Å². The lowest BCUT2D eigenvalue weighted by atomic mass is 10.1. The van der Waals surface area contributed by atoms with Gasteiger partial charge in [-0.1, -0.05) is 18.2 Å². The predicted octanol–water partition coefficient (Wildman–Crippen LogP) is 1.42. The zero-order chi connectivity index (χ0) is 9.42. The molecule has 0 heterocycles. The summed E-state index contributed by atoms with van der Waals surface area (Å²) in [6.07, 6.45) is 2.12. The van der Waals surface area contributed by atoms with E-state index in [1.54, 1.807) is 24.3 Å². The first-order chi connectivity index (χ1) is 6.20. The summed E-state index contributed by atoms with van der Waals surface area (Å²) in [7, 11) is 0. The van der Waals surface area contributed by atoms with E-state index < -0.39 is 5.97 Å². The van der Waals surface area contributed by atoms with Crippen LogP contribution in [0, 0.1) is 0 Å². The zero-order valence-corrected chi connectivity index (χ0v) is 6.82. The minimum absolute atomic E-state index is 0.171. The molecular weight excluding hydrogens is 168 g/mol. The number of phenolic OH excluding ortho intramolecular Hbond substituents is 1. The van der Waals surface area contributed by atoms with Crippen LogP contribution in [0.4, 0.5) is 0 Å². The molecule has 1 aromatic rings. The van der Waals surface area contributed by atoms with Crippen molar-refractivity contribution in [1.29, 1.82) is 0 Å². The van der Waals surface area contributed by atoms with Gasteiger partial charge in [0.2, 0.25) is 0 Å². The Balaban J connectivity index is 2.56. The van der Waals surface area contributed by atoms with Crippen molar-refractivity contribution in [2.75, 3.05) is 0 Å². The van der Waals surface area contributed by atoms with E-state index in [4.69, 9.17) is 5.11 Å². The van der Waals surface area contributed by atoms with E-state index >= 15 is 0 Å². The van der Waals surface area contributed by atoms with E-state index in [1.165, 1.54) is 0 Å². The number of carboxylic acids is 1. The molecule has 0 unspecified atom stereocenters. The van der Waals surface area contributed by atoms with Crippen LogP contribution >= 0.6 is 0 Å². The van der Waals surface area contributed by atoms with E-state index in [1.807, 2.05) is 0 Å². The summed E-state index contributed by atoms with van der Waals surface area (Å²) in [6, 6.07) is 4.93. The van der Waals surface area contributed by atoms with Gasteiger partial charge in [-0.2, -0.15) is 0 Å². The van der Waals surface area contributed by atoms with E-state index in [9.17, 15) is 9.90 Å². The molecule has 3 nitrogen and oxygen atoms in total. The van der Waals surface area contributed by atoms with Crippen LogP contribution in [0.2, 0.25) is 0 Å². The maximum absolute atomic E-state index is 10.7. The molecule has 0 aromatic heterocycles. The second-order valence-electron chi connectivity index (χ2n) is 2.93. The molecule has 0 amide bonds. The topological polar surface area (TPSA) is 57.5 Å². The molecule has 13 heavy (non-hydrogen) atoms. The SMILES string of the molecule is O=C(O)C1=CCc2c(O)cccc21. The first-order valence-corrected chi connectivity index (χ1v) is 3.95. The highest BCUT2D eigenvalue weighted by molar-refractivity contribution is 6.17. The van der Waals surface area contributed by atoms with E-state index in [0.29, 0.717) is 17.5 Å². The van der Waals surface area contributed by atoms with E-state index in [0.717, 1.165) is 0 Å². The van der Waals surface area contributed by atoms with Gasteiger partial charge < -0.3 is 10.2 Å². The van der Waals surface area contributed by atoms with Crippen LogP contribution < -0.4 is 0 Å². The minimum atomic E-state index is -0.940. The van der Waals surface area contributed by atoms with Gasteiger partial charge in [0.15, 0.2) is 0 Å². The van der Waals surface area contributed by atoms with Gasteiger partial charge in [-0.25, -0.2) is 4.79 Å². The van der Waals surface area contributed by atoms with E-state index in [-0.39, 0.29) is 11.3 Å². The molecule has 0 saturated heterocycles. The summed E-state index contributed by atoms with van der Waals surface area (Å²) in [5.41, 5.74) is 1.62. The Hall–Kier alpha value is -1.77. The maximum atomic E-state index is 10.7. The Morgan fingerprint density at radius 3 is 2.85 bits per heavy atom. The summed E-state index contributed by atoms with van der Waals surface area (Å²) in [6.45, 7) is 0. The number of benzene rings is 1. The summed E-state index contributed by atoms with van der Waals surface area (Å²) >= 11 is 0. The van der Waals surface area contributed by atoms with Crippen molar-refractivity contribution in [2.45, 2.75) is 6.42 Å². The third-order valence-electron chi connectivity index (χ3n) is 2.18. The van der Waals surface area contributed by atoms with Crippen molar-refractivity contribution < 1.29 is 15.0 Å². The molecule has 0 bridgehead atoms. The molecular formula is C10H8O3. The molecule has 1 aliphatic rings. The largest absolute Gasteiger partial charge is 0.508 e. The summed E-state index contributed by atoms with van der Waals surface area (Å²) in [4.78, 5) is 10.7. The highest BCUT2D eigenvalue weighted by atomic mass is 16.4. The fourth-order valence-corrected chi connectivity index (χ4v) is 1.56. The molecule has 2 rings (SSSR count). The van der Waals surface area contributed by atoms with Crippen LogP contribution in [0.15, 0.2) is 24.3 Å². The first kappa shape index (κ1) is 7.86. The zero-order valence-electron chi connectivity index (χ0n) is 6.82. The molecule has 0 aliphatic heterocycles. The van der Waals surface area contributed by atoms with Gasteiger partial charge in [0.05, 0.1) is 5.57 Å². The standard InChI is InChI=1S/C10H8O3/c11-9-3-1-2-6-7(9)4-5-8(6)10(12)13/h1-3,5,11H,4H2,(H,12,13). The Morgan fingerprint density at radius 2 is 2.15 bits per heavy atom. The monoisotopic (exact) mass is 176 g/mol. The number of rotatable bonds is 1. The molecule has 66 valence electrons. The van der Waals surface area contributed by atoms with Gasteiger partial charge in [-0.15, -0.1) is 0 Å². The normalized spacial score (nSPS) is 13.7. The molecule has 2 N–H and O–H groups in total. The Bertz CT molecular complexity index is 405. The average Bonchev–Trinajstić information content (AvgIpc) is 2.48. The molecule has 0 fully saturated rings. The van der Waals surface area contributed by atoms with Crippen LogP contribution in [-0.4, -0.2) is 16.2 Å². The summed E-state index contributed by atoms with van der Waals surface area (Å²) in [5, 5.41) is 18.2. The lowest BCUT2D eigenvalue weighted by molar-refractivity contribution is -0.130. The molecule has 1 aliphatic carbocycles. The van der Waals surface area contributed by atoms with Crippen molar-refractivity contribution >= 4 is 11.5 Å². The van der Waals surface area contributed by atoms with Crippen molar-refractivity contribution in [3.8, 4) is 5.75 Å². The second kappa shape index (κ2) is 2.62. The second-order valence-corrected chi connectivity index (χ2v) is 2.93. The van der Waals surface area contributed by atoms with Crippen molar-refractivity contribution in [2.24, 2.45) is 0 Å². The predicted molar refractivity (Wildman–Crippen MR) is 47.4 cm³/mol. The molecule has 3 heteroatoms. The lowest BCUT2D eigenvalue weighted by Gasteiger charge is -2.02. The van der Waals surface area contributed by atoms with Crippen molar-refractivity contribution in [3.05, 3.63) is 35.4 Å². The number of hydrogen-bond donors (Lipinski definition) is 2. The van der Waals surface area contributed by atoms with Crippen LogP contribution in [-0.2, 0) is 11.2 Å². The van der Waals surface area contributed by atoms with Crippen molar-refractivity contribution in [3.63, 3.8) is 0 Å². The molecule has 0 saturated carbocycles. The number of phenols is 1. The third kappa shape index (κ3) is 1.09. The van der Waals surface area contributed by atoms with Crippen LogP contribution in [0.25, 0.3) is 5.57 Å². The maximum Gasteiger partial charge on any atom is 0.335 e. The molecule has 1 aromatic carbocycles. The van der Waals surface area contributed by atoms with Crippen LogP contribution in [0.1, 0.15) is 11.1 Å². The Kier molecular flexibility index (Phi) is 1.59. The van der Waals surface area contributed by atoms with Crippen LogP contribution in [0.3, 0.4) is 0 Å². The molecule has 0 atom stereocenters. The quantitative estimate of drug-likeness (QED) is 0.680. The Morgan fingerprint density at radius 1 is 1.38 bits per heavy atom. The summed E-state index contributed by atoms with van der Waals surface area (Å²) < 4.78 is 0. The number of allylic oxidation sites excluding steroid dienone is 1. The van der Waals surface area contributed by atoms with Crippen molar-refractivity contribution in [1.82, 2.24) is 0 Å². The third-order valence-corrected chi connectivity index (χ3v) is 2.18. The minimum Gasteiger partial charge on any atom is -0.508 e. The number of fused-ring (bicyclic) bond motifs is 1.